The number of rotatable bonds is 6. The molecule has 1 aliphatic rings. The molecule has 3 N–H and O–H groups in total. The minimum Gasteiger partial charge on any atom is -0.354 e. The van der Waals surface area contributed by atoms with Crippen LogP contribution in [-0.2, 0) is 11.2 Å². The Labute approximate surface area is 127 Å². The van der Waals surface area contributed by atoms with E-state index in [1.165, 1.54) is 12.8 Å². The summed E-state index contributed by atoms with van der Waals surface area (Å²) < 4.78 is 0. The summed E-state index contributed by atoms with van der Waals surface area (Å²) in [4.78, 5) is 12.0. The van der Waals surface area contributed by atoms with E-state index in [1.807, 2.05) is 30.3 Å². The van der Waals surface area contributed by atoms with Crippen molar-refractivity contribution < 1.29 is 4.79 Å². The lowest BCUT2D eigenvalue weighted by Gasteiger charge is -2.21. The van der Waals surface area contributed by atoms with E-state index in [2.05, 4.69) is 19.2 Å². The predicted molar refractivity (Wildman–Crippen MR) is 84.9 cm³/mol. The van der Waals surface area contributed by atoms with Crippen LogP contribution in [0.1, 0.15) is 32.3 Å². The van der Waals surface area contributed by atoms with Crippen LogP contribution in [0.2, 0.25) is 0 Å². The zero-order chi connectivity index (χ0) is 13.9. The summed E-state index contributed by atoms with van der Waals surface area (Å²) in [5, 5.41) is 3.02. The Morgan fingerprint density at radius 1 is 1.30 bits per heavy atom. The third kappa shape index (κ3) is 4.22. The largest absolute Gasteiger partial charge is 0.354 e. The lowest BCUT2D eigenvalue weighted by Crippen LogP contribution is -2.44. The number of carbonyl (C=O) groups excluding carboxylic acids is 1. The fraction of sp³-hybridized carbons (Fsp3) is 0.562. The molecule has 1 fully saturated rings. The summed E-state index contributed by atoms with van der Waals surface area (Å²) in [5.41, 5.74) is 7.41. The number of nitrogens with two attached hydrogens (primary N) is 1. The van der Waals surface area contributed by atoms with Crippen LogP contribution in [0.4, 0.5) is 0 Å². The van der Waals surface area contributed by atoms with Gasteiger partial charge in [0.15, 0.2) is 0 Å². The van der Waals surface area contributed by atoms with Crippen molar-refractivity contribution in [2.75, 3.05) is 6.54 Å². The molecule has 1 unspecified atom stereocenters. The summed E-state index contributed by atoms with van der Waals surface area (Å²) >= 11 is 0. The molecular weight excluding hydrogens is 272 g/mol. The highest BCUT2D eigenvalue weighted by Crippen LogP contribution is 2.51. The van der Waals surface area contributed by atoms with E-state index in [9.17, 15) is 4.79 Å². The molecule has 1 saturated carbocycles. The summed E-state index contributed by atoms with van der Waals surface area (Å²) in [6.45, 7) is 5.22. The van der Waals surface area contributed by atoms with Gasteiger partial charge in [-0.2, -0.15) is 0 Å². The average molecular weight is 297 g/mol. The van der Waals surface area contributed by atoms with Crippen molar-refractivity contribution in [2.45, 2.75) is 39.2 Å². The van der Waals surface area contributed by atoms with Crippen LogP contribution in [0.5, 0.6) is 0 Å². The highest BCUT2D eigenvalue weighted by atomic mass is 35.5. The highest BCUT2D eigenvalue weighted by Gasteiger charge is 2.45. The Balaban J connectivity index is 0.00000200. The molecule has 0 bridgehead atoms. The minimum absolute atomic E-state index is 0. The maximum Gasteiger partial charge on any atom is 0.237 e. The minimum atomic E-state index is -0.453. The molecule has 112 valence electrons. The number of amides is 1. The van der Waals surface area contributed by atoms with Gasteiger partial charge in [-0.25, -0.2) is 0 Å². The van der Waals surface area contributed by atoms with Gasteiger partial charge in [-0.05, 0) is 36.2 Å². The van der Waals surface area contributed by atoms with E-state index in [0.29, 0.717) is 17.8 Å². The van der Waals surface area contributed by atoms with Crippen LogP contribution in [0, 0.1) is 11.3 Å². The molecule has 4 heteroatoms. The first-order valence-corrected chi connectivity index (χ1v) is 7.11. The molecule has 1 aromatic carbocycles. The predicted octanol–water partition coefficient (Wildman–Crippen LogP) is 2.53. The van der Waals surface area contributed by atoms with Gasteiger partial charge in [-0.1, -0.05) is 44.2 Å². The summed E-state index contributed by atoms with van der Waals surface area (Å²) in [6, 6.07) is 9.46. The van der Waals surface area contributed by atoms with Crippen molar-refractivity contribution >= 4 is 18.3 Å². The smallest absolute Gasteiger partial charge is 0.237 e. The third-order valence-electron chi connectivity index (χ3n) is 4.37. The number of hydrogen-bond acceptors (Lipinski definition) is 2. The summed E-state index contributed by atoms with van der Waals surface area (Å²) in [5.74, 6) is 0.592. The number of hydrogen-bond donors (Lipinski definition) is 2. The molecule has 0 heterocycles. The number of benzene rings is 1. The van der Waals surface area contributed by atoms with Crippen molar-refractivity contribution in [1.82, 2.24) is 5.32 Å². The number of nitrogens with one attached hydrogen (secondary N) is 1. The molecule has 0 saturated heterocycles. The second-order valence-corrected chi connectivity index (χ2v) is 6.03. The van der Waals surface area contributed by atoms with E-state index < -0.39 is 6.04 Å². The zero-order valence-corrected chi connectivity index (χ0v) is 13.1. The van der Waals surface area contributed by atoms with Crippen LogP contribution in [0.25, 0.3) is 0 Å². The highest BCUT2D eigenvalue weighted by molar-refractivity contribution is 5.85. The van der Waals surface area contributed by atoms with Gasteiger partial charge in [-0.15, -0.1) is 12.4 Å². The molecule has 0 radical (unpaired) electrons. The molecule has 1 aliphatic carbocycles. The first kappa shape index (κ1) is 17.0. The van der Waals surface area contributed by atoms with E-state index in [-0.39, 0.29) is 18.3 Å². The van der Waals surface area contributed by atoms with Crippen LogP contribution in [0.15, 0.2) is 30.3 Å². The second-order valence-electron chi connectivity index (χ2n) is 6.03. The molecule has 0 aromatic heterocycles. The molecular formula is C16H25ClN2O. The van der Waals surface area contributed by atoms with Gasteiger partial charge in [0.25, 0.3) is 0 Å². The average Bonchev–Trinajstić information content (AvgIpc) is 3.18. The van der Waals surface area contributed by atoms with Gasteiger partial charge < -0.3 is 11.1 Å². The standard InChI is InChI=1S/C16H24N2O.ClH/c1-12(2)16(8-9-16)11-18-15(19)14(17)10-13-6-4-3-5-7-13;/h3-7,12,14H,8-11,17H2,1-2H3,(H,18,19);1H. The molecule has 20 heavy (non-hydrogen) atoms. The monoisotopic (exact) mass is 296 g/mol. The lowest BCUT2D eigenvalue weighted by atomic mass is 9.92. The lowest BCUT2D eigenvalue weighted by molar-refractivity contribution is -0.122. The quantitative estimate of drug-likeness (QED) is 0.847. The van der Waals surface area contributed by atoms with Gasteiger partial charge in [0.2, 0.25) is 5.91 Å². The summed E-state index contributed by atoms with van der Waals surface area (Å²) in [7, 11) is 0. The Bertz CT molecular complexity index is 429. The Morgan fingerprint density at radius 2 is 1.90 bits per heavy atom. The third-order valence-corrected chi connectivity index (χ3v) is 4.37. The van der Waals surface area contributed by atoms with Crippen molar-refractivity contribution in [3.8, 4) is 0 Å². The zero-order valence-electron chi connectivity index (χ0n) is 12.3. The van der Waals surface area contributed by atoms with E-state index in [1.54, 1.807) is 0 Å². The van der Waals surface area contributed by atoms with E-state index in [0.717, 1.165) is 12.1 Å². The fourth-order valence-corrected chi connectivity index (χ4v) is 2.47. The van der Waals surface area contributed by atoms with Gasteiger partial charge in [0.05, 0.1) is 6.04 Å². The van der Waals surface area contributed by atoms with Crippen LogP contribution in [0.3, 0.4) is 0 Å². The molecule has 1 amide bonds. The number of carbonyl (C=O) groups is 1. The Hall–Kier alpha value is -1.06. The molecule has 1 aromatic rings. The van der Waals surface area contributed by atoms with Crippen molar-refractivity contribution in [3.05, 3.63) is 35.9 Å². The Kier molecular flexibility index (Phi) is 6.03. The number of halogens is 1. The van der Waals surface area contributed by atoms with Gasteiger partial charge in [0, 0.05) is 6.54 Å². The van der Waals surface area contributed by atoms with Crippen LogP contribution in [-0.4, -0.2) is 18.5 Å². The fourth-order valence-electron chi connectivity index (χ4n) is 2.47. The first-order valence-electron chi connectivity index (χ1n) is 7.11. The van der Waals surface area contributed by atoms with Crippen LogP contribution >= 0.6 is 12.4 Å². The molecule has 3 nitrogen and oxygen atoms in total. The molecule has 0 aliphatic heterocycles. The van der Waals surface area contributed by atoms with Crippen molar-refractivity contribution in [3.63, 3.8) is 0 Å². The second kappa shape index (κ2) is 7.09. The van der Waals surface area contributed by atoms with Crippen LogP contribution < -0.4 is 11.1 Å². The molecule has 2 rings (SSSR count). The van der Waals surface area contributed by atoms with E-state index in [4.69, 9.17) is 5.73 Å². The topological polar surface area (TPSA) is 55.1 Å². The maximum atomic E-state index is 12.0. The maximum absolute atomic E-state index is 12.0. The Morgan fingerprint density at radius 3 is 2.40 bits per heavy atom. The first-order chi connectivity index (χ1) is 9.03. The van der Waals surface area contributed by atoms with Crippen molar-refractivity contribution in [1.29, 1.82) is 0 Å². The van der Waals surface area contributed by atoms with E-state index >= 15 is 0 Å². The van der Waals surface area contributed by atoms with Gasteiger partial charge >= 0.3 is 0 Å². The SMILES string of the molecule is CC(C)C1(CNC(=O)C(N)Cc2ccccc2)CC1.Cl. The molecule has 0 spiro atoms. The van der Waals surface area contributed by atoms with Crippen molar-refractivity contribution in [2.24, 2.45) is 17.1 Å². The van der Waals surface area contributed by atoms with Gasteiger partial charge in [0.1, 0.15) is 0 Å². The summed E-state index contributed by atoms with van der Waals surface area (Å²) in [6.07, 6.45) is 3.04. The van der Waals surface area contributed by atoms with Gasteiger partial charge in [-0.3, -0.25) is 4.79 Å². The normalized spacial score (nSPS) is 17.2. The molecule has 1 atom stereocenters.